The lowest BCUT2D eigenvalue weighted by molar-refractivity contribution is -0.255. The number of hydrogen-bond donors (Lipinski definition) is 0. The Balaban J connectivity index is 2.73. The number of carbonyl (C=O) groups excluding carboxylic acids is 1. The molecule has 0 atom stereocenters. The van der Waals surface area contributed by atoms with Gasteiger partial charge in [0.05, 0.1) is 21.6 Å². The highest BCUT2D eigenvalue weighted by Gasteiger charge is 2.20. The monoisotopic (exact) mass is 270 g/mol. The smallest absolute Gasteiger partial charge is 0.143 e. The number of nitrogens with zero attached hydrogens (tertiary/aromatic N) is 1. The molecule has 1 heterocycles. The maximum Gasteiger partial charge on any atom is 0.143 e. The third kappa shape index (κ3) is 2.01. The second-order valence-corrected chi connectivity index (χ2v) is 4.16. The summed E-state index contributed by atoms with van der Waals surface area (Å²) in [7, 11) is 0. The average molecular weight is 271 g/mol. The summed E-state index contributed by atoms with van der Waals surface area (Å²) in [4.78, 5) is 11.0. The summed E-state index contributed by atoms with van der Waals surface area (Å²) in [6.07, 6.45) is 0. The zero-order valence-electron chi connectivity index (χ0n) is 8.66. The Labute approximate surface area is 107 Å². The summed E-state index contributed by atoms with van der Waals surface area (Å²) in [6, 6.07) is 4.83. The third-order valence-corrected chi connectivity index (χ3v) is 2.90. The SMILES string of the molecule is Cc1onc(-c2c(Cl)cccc2Cl)c1C(=O)[O-]. The number of benzene rings is 1. The average Bonchev–Trinajstić information content (AvgIpc) is 2.60. The van der Waals surface area contributed by atoms with Crippen molar-refractivity contribution in [2.75, 3.05) is 0 Å². The number of carbonyl (C=O) groups is 1. The second kappa shape index (κ2) is 4.39. The molecule has 0 aliphatic rings. The molecule has 6 heteroatoms. The van der Waals surface area contributed by atoms with E-state index >= 15 is 0 Å². The van der Waals surface area contributed by atoms with Crippen molar-refractivity contribution in [1.29, 1.82) is 0 Å². The number of carboxylic acid groups (broad SMARTS) is 1. The van der Waals surface area contributed by atoms with Crippen LogP contribution in [0.1, 0.15) is 16.1 Å². The fraction of sp³-hybridized carbons (Fsp3) is 0.0909. The summed E-state index contributed by atoms with van der Waals surface area (Å²) in [5, 5.41) is 15.3. The molecule has 0 unspecified atom stereocenters. The second-order valence-electron chi connectivity index (χ2n) is 3.35. The summed E-state index contributed by atoms with van der Waals surface area (Å²) < 4.78 is 4.83. The summed E-state index contributed by atoms with van der Waals surface area (Å²) in [5.74, 6) is -1.23. The van der Waals surface area contributed by atoms with Crippen molar-refractivity contribution in [3.05, 3.63) is 39.6 Å². The van der Waals surface area contributed by atoms with Crippen LogP contribution in [0.15, 0.2) is 22.7 Å². The molecular weight excluding hydrogens is 265 g/mol. The molecule has 0 amide bonds. The fourth-order valence-electron chi connectivity index (χ4n) is 1.51. The van der Waals surface area contributed by atoms with Crippen LogP contribution in [-0.2, 0) is 0 Å². The van der Waals surface area contributed by atoms with Crippen LogP contribution in [-0.4, -0.2) is 11.1 Å². The van der Waals surface area contributed by atoms with Crippen LogP contribution in [0.5, 0.6) is 0 Å². The van der Waals surface area contributed by atoms with Crippen molar-refractivity contribution < 1.29 is 14.4 Å². The lowest BCUT2D eigenvalue weighted by Gasteiger charge is -2.06. The lowest BCUT2D eigenvalue weighted by atomic mass is 10.1. The molecule has 88 valence electrons. The zero-order chi connectivity index (χ0) is 12.6. The first-order valence-corrected chi connectivity index (χ1v) is 5.40. The van der Waals surface area contributed by atoms with Crippen molar-refractivity contribution in [1.82, 2.24) is 5.16 Å². The van der Waals surface area contributed by atoms with E-state index in [0.717, 1.165) is 0 Å². The molecule has 0 aliphatic heterocycles. The Morgan fingerprint density at radius 2 is 1.94 bits per heavy atom. The molecule has 1 aromatic heterocycles. The molecular formula is C11H6Cl2NO3-. The van der Waals surface area contributed by atoms with Gasteiger partial charge in [0.2, 0.25) is 0 Å². The molecule has 0 radical (unpaired) electrons. The maximum atomic E-state index is 11.0. The van der Waals surface area contributed by atoms with Crippen LogP contribution in [0.3, 0.4) is 0 Å². The molecule has 0 saturated heterocycles. The Hall–Kier alpha value is -1.52. The van der Waals surface area contributed by atoms with Crippen molar-refractivity contribution in [3.63, 3.8) is 0 Å². The van der Waals surface area contributed by atoms with E-state index in [1.54, 1.807) is 18.2 Å². The van der Waals surface area contributed by atoms with Crippen molar-refractivity contribution in [3.8, 4) is 11.3 Å². The molecule has 0 fully saturated rings. The molecule has 2 rings (SSSR count). The highest BCUT2D eigenvalue weighted by Crippen LogP contribution is 2.36. The minimum Gasteiger partial charge on any atom is -0.545 e. The Bertz CT molecular complexity index is 572. The number of rotatable bonds is 2. The van der Waals surface area contributed by atoms with Crippen LogP contribution in [0.4, 0.5) is 0 Å². The van der Waals surface area contributed by atoms with E-state index in [9.17, 15) is 9.90 Å². The van der Waals surface area contributed by atoms with Gasteiger partial charge < -0.3 is 14.4 Å². The topological polar surface area (TPSA) is 66.2 Å². The first kappa shape index (κ1) is 12.0. The van der Waals surface area contributed by atoms with Crippen LogP contribution in [0.2, 0.25) is 10.0 Å². The van der Waals surface area contributed by atoms with Crippen molar-refractivity contribution in [2.45, 2.75) is 6.92 Å². The summed E-state index contributed by atoms with van der Waals surface area (Å²) >= 11 is 11.9. The van der Waals surface area contributed by atoms with Gasteiger partial charge in [0.1, 0.15) is 11.5 Å². The van der Waals surface area contributed by atoms with Gasteiger partial charge >= 0.3 is 0 Å². The van der Waals surface area contributed by atoms with Gasteiger partial charge in [0.15, 0.2) is 0 Å². The van der Waals surface area contributed by atoms with Crippen LogP contribution < -0.4 is 5.11 Å². The van der Waals surface area contributed by atoms with Gasteiger partial charge in [-0.15, -0.1) is 0 Å². The first-order valence-electron chi connectivity index (χ1n) is 4.64. The number of carboxylic acids is 1. The Morgan fingerprint density at radius 1 is 1.35 bits per heavy atom. The van der Waals surface area contributed by atoms with E-state index in [1.807, 2.05) is 0 Å². The van der Waals surface area contributed by atoms with Crippen LogP contribution >= 0.6 is 23.2 Å². The van der Waals surface area contributed by atoms with Gasteiger partial charge in [-0.2, -0.15) is 0 Å². The van der Waals surface area contributed by atoms with Gasteiger partial charge in [-0.05, 0) is 19.1 Å². The largest absolute Gasteiger partial charge is 0.545 e. The fourth-order valence-corrected chi connectivity index (χ4v) is 2.08. The van der Waals surface area contributed by atoms with Crippen molar-refractivity contribution >= 4 is 29.2 Å². The molecule has 0 bridgehead atoms. The maximum absolute atomic E-state index is 11.0. The van der Waals surface area contributed by atoms with E-state index < -0.39 is 5.97 Å². The van der Waals surface area contributed by atoms with E-state index in [0.29, 0.717) is 15.6 Å². The van der Waals surface area contributed by atoms with E-state index in [-0.39, 0.29) is 17.0 Å². The summed E-state index contributed by atoms with van der Waals surface area (Å²) in [6.45, 7) is 1.48. The number of aryl methyl sites for hydroxylation is 1. The number of aromatic nitrogens is 1. The van der Waals surface area contributed by atoms with Gasteiger partial charge in [-0.3, -0.25) is 0 Å². The van der Waals surface area contributed by atoms with Crippen LogP contribution in [0, 0.1) is 6.92 Å². The van der Waals surface area contributed by atoms with Crippen LogP contribution in [0.25, 0.3) is 11.3 Å². The molecule has 4 nitrogen and oxygen atoms in total. The van der Waals surface area contributed by atoms with Gasteiger partial charge in [0, 0.05) is 5.56 Å². The van der Waals surface area contributed by atoms with E-state index in [4.69, 9.17) is 27.7 Å². The standard InChI is InChI=1S/C11H7Cl2NO3/c1-5-8(11(15)16)10(14-17-5)9-6(12)3-2-4-7(9)13/h2-4H,1H3,(H,15,16)/p-1. The van der Waals surface area contributed by atoms with Crippen molar-refractivity contribution in [2.24, 2.45) is 0 Å². The van der Waals surface area contributed by atoms with Gasteiger partial charge in [-0.1, -0.05) is 34.4 Å². The highest BCUT2D eigenvalue weighted by molar-refractivity contribution is 6.39. The minimum absolute atomic E-state index is 0.0816. The van der Waals surface area contributed by atoms with Gasteiger partial charge in [-0.25, -0.2) is 0 Å². The predicted octanol–water partition coefficient (Wildman–Crippen LogP) is 2.32. The first-order chi connectivity index (χ1) is 8.02. The Morgan fingerprint density at radius 3 is 2.47 bits per heavy atom. The number of aromatic carboxylic acids is 1. The third-order valence-electron chi connectivity index (χ3n) is 2.27. The number of hydrogen-bond acceptors (Lipinski definition) is 4. The predicted molar refractivity (Wildman–Crippen MR) is 61.0 cm³/mol. The molecule has 1 aromatic carbocycles. The quantitative estimate of drug-likeness (QED) is 0.840. The molecule has 0 spiro atoms. The lowest BCUT2D eigenvalue weighted by Crippen LogP contribution is -2.23. The van der Waals surface area contributed by atoms with Gasteiger partial charge in [0.25, 0.3) is 0 Å². The van der Waals surface area contributed by atoms with E-state index in [1.165, 1.54) is 6.92 Å². The summed E-state index contributed by atoms with van der Waals surface area (Å²) in [5.41, 5.74) is 0.269. The highest BCUT2D eigenvalue weighted by atomic mass is 35.5. The normalized spacial score (nSPS) is 10.5. The number of halogens is 2. The molecule has 2 aromatic rings. The zero-order valence-corrected chi connectivity index (χ0v) is 10.2. The Kier molecular flexibility index (Phi) is 3.09. The molecule has 17 heavy (non-hydrogen) atoms. The molecule has 0 N–H and O–H groups in total. The minimum atomic E-state index is -1.38. The van der Waals surface area contributed by atoms with E-state index in [2.05, 4.69) is 5.16 Å². The molecule has 0 aliphatic carbocycles. The molecule has 0 saturated carbocycles.